The van der Waals surface area contributed by atoms with Gasteiger partial charge >= 0.3 is 0 Å². The van der Waals surface area contributed by atoms with Gasteiger partial charge in [-0.05, 0) is 24.6 Å². The fourth-order valence-corrected chi connectivity index (χ4v) is 2.49. The quantitative estimate of drug-likeness (QED) is 0.752. The predicted octanol–water partition coefficient (Wildman–Crippen LogP) is 0.284. The van der Waals surface area contributed by atoms with Crippen LogP contribution in [0.2, 0.25) is 0 Å². The zero-order valence-electron chi connectivity index (χ0n) is 11.7. The largest absolute Gasteiger partial charge is 0.491 e. The Labute approximate surface area is 125 Å². The average molecular weight is 301 g/mol. The van der Waals surface area contributed by atoms with Gasteiger partial charge in [0.15, 0.2) is 0 Å². The first-order chi connectivity index (χ1) is 10.5. The van der Waals surface area contributed by atoms with Crippen molar-refractivity contribution in [3.8, 4) is 5.75 Å². The second-order valence-corrected chi connectivity index (χ2v) is 5.24. The van der Waals surface area contributed by atoms with Gasteiger partial charge in [-0.3, -0.25) is 14.4 Å². The number of aromatic amines is 1. The van der Waals surface area contributed by atoms with E-state index in [0.717, 1.165) is 0 Å². The molecule has 0 aliphatic carbocycles. The normalized spacial score (nSPS) is 17.5. The van der Waals surface area contributed by atoms with Crippen molar-refractivity contribution in [2.75, 3.05) is 6.61 Å². The van der Waals surface area contributed by atoms with Gasteiger partial charge in [-0.15, -0.1) is 0 Å². The molecule has 1 aliphatic rings. The number of nitrogens with one attached hydrogen (secondary N) is 2. The highest BCUT2D eigenvalue weighted by Gasteiger charge is 2.21. The Hall–Kier alpha value is -2.83. The summed E-state index contributed by atoms with van der Waals surface area (Å²) in [7, 11) is 0. The van der Waals surface area contributed by atoms with Crippen molar-refractivity contribution in [3.05, 3.63) is 40.2 Å². The molecule has 114 valence electrons. The number of pyridine rings is 1. The fraction of sp³-hybridized carbons (Fsp3) is 0.267. The number of benzene rings is 1. The number of nitrogens with two attached hydrogens (primary N) is 1. The van der Waals surface area contributed by atoms with Crippen LogP contribution in [0, 0.1) is 0 Å². The Morgan fingerprint density at radius 1 is 1.32 bits per heavy atom. The van der Waals surface area contributed by atoms with Crippen molar-refractivity contribution in [2.45, 2.75) is 18.9 Å². The second-order valence-electron chi connectivity index (χ2n) is 5.24. The first-order valence-corrected chi connectivity index (χ1v) is 6.92. The number of aromatic nitrogens is 1. The topological polar surface area (TPSA) is 114 Å². The molecule has 0 radical (unpaired) electrons. The first kappa shape index (κ1) is 14.1. The number of ether oxygens (including phenoxy) is 1. The molecule has 0 saturated carbocycles. The van der Waals surface area contributed by atoms with Gasteiger partial charge in [0.1, 0.15) is 12.4 Å². The summed E-state index contributed by atoms with van der Waals surface area (Å²) >= 11 is 0. The lowest BCUT2D eigenvalue weighted by Gasteiger charge is -2.13. The molecule has 0 spiro atoms. The summed E-state index contributed by atoms with van der Waals surface area (Å²) in [6, 6.07) is 6.07. The molecule has 0 bridgehead atoms. The number of hydrogen-bond donors (Lipinski definition) is 3. The van der Waals surface area contributed by atoms with E-state index in [9.17, 15) is 14.4 Å². The van der Waals surface area contributed by atoms with E-state index in [2.05, 4.69) is 10.3 Å². The lowest BCUT2D eigenvalue weighted by atomic mass is 10.1. The van der Waals surface area contributed by atoms with Gasteiger partial charge in [-0.2, -0.15) is 0 Å². The number of amides is 2. The summed E-state index contributed by atoms with van der Waals surface area (Å²) < 4.78 is 5.68. The molecule has 3 rings (SSSR count). The van der Waals surface area contributed by atoms with Gasteiger partial charge in [0.2, 0.25) is 11.8 Å². The van der Waals surface area contributed by atoms with Crippen LogP contribution in [-0.4, -0.2) is 29.4 Å². The zero-order valence-corrected chi connectivity index (χ0v) is 11.7. The predicted molar refractivity (Wildman–Crippen MR) is 79.7 cm³/mol. The molecule has 0 unspecified atom stereocenters. The van der Waals surface area contributed by atoms with Gasteiger partial charge in [-0.1, -0.05) is 0 Å². The molecule has 22 heavy (non-hydrogen) atoms. The van der Waals surface area contributed by atoms with Crippen molar-refractivity contribution >= 4 is 22.7 Å². The van der Waals surface area contributed by atoms with E-state index < -0.39 is 5.91 Å². The maximum absolute atomic E-state index is 11.7. The minimum Gasteiger partial charge on any atom is -0.491 e. The van der Waals surface area contributed by atoms with E-state index in [1.165, 1.54) is 12.1 Å². The van der Waals surface area contributed by atoms with Crippen molar-refractivity contribution in [1.29, 1.82) is 0 Å². The molecule has 4 N–H and O–H groups in total. The molecule has 2 heterocycles. The van der Waals surface area contributed by atoms with Crippen molar-refractivity contribution in [2.24, 2.45) is 5.73 Å². The van der Waals surface area contributed by atoms with Crippen LogP contribution < -0.4 is 21.3 Å². The summed E-state index contributed by atoms with van der Waals surface area (Å²) in [6.07, 6.45) is 1.21. The molecule has 1 aromatic heterocycles. The maximum atomic E-state index is 11.7. The molecule has 7 nitrogen and oxygen atoms in total. The van der Waals surface area contributed by atoms with E-state index in [1.54, 1.807) is 12.1 Å². The molecule has 2 aromatic rings. The summed E-state index contributed by atoms with van der Waals surface area (Å²) in [5.41, 5.74) is 5.69. The highest BCUT2D eigenvalue weighted by molar-refractivity contribution is 5.97. The van der Waals surface area contributed by atoms with Gasteiger partial charge in [0, 0.05) is 23.4 Å². The molecule has 1 aromatic carbocycles. The smallest absolute Gasteiger partial charge is 0.252 e. The third kappa shape index (κ3) is 2.78. The standard InChI is InChI=1S/C15H15N3O4/c16-15(21)8-1-3-10-11(5-8)18-14(20)6-12(10)22-7-9-2-4-13(19)17-9/h1,3,5-6,9H,2,4,7H2,(H2,16,21)(H,17,19)(H,18,20)/t9-/m0/s1. The maximum Gasteiger partial charge on any atom is 0.252 e. The molecule has 7 heteroatoms. The third-order valence-electron chi connectivity index (χ3n) is 3.61. The summed E-state index contributed by atoms with van der Waals surface area (Å²) in [4.78, 5) is 36.7. The summed E-state index contributed by atoms with van der Waals surface area (Å²) in [5, 5.41) is 3.47. The van der Waals surface area contributed by atoms with E-state index in [-0.39, 0.29) is 17.5 Å². The molecule has 1 atom stereocenters. The highest BCUT2D eigenvalue weighted by Crippen LogP contribution is 2.23. The molecular formula is C15H15N3O4. The lowest BCUT2D eigenvalue weighted by molar-refractivity contribution is -0.119. The average Bonchev–Trinajstić information content (AvgIpc) is 2.89. The van der Waals surface area contributed by atoms with Gasteiger partial charge < -0.3 is 20.8 Å². The minimum absolute atomic E-state index is 0.00969. The number of rotatable bonds is 4. The summed E-state index contributed by atoms with van der Waals surface area (Å²) in [6.45, 7) is 0.294. The Morgan fingerprint density at radius 3 is 2.82 bits per heavy atom. The molecule has 1 fully saturated rings. The Kier molecular flexibility index (Phi) is 3.54. The first-order valence-electron chi connectivity index (χ1n) is 6.92. The number of fused-ring (bicyclic) bond motifs is 1. The van der Waals surface area contributed by atoms with Crippen LogP contribution in [0.5, 0.6) is 5.75 Å². The monoisotopic (exact) mass is 301 g/mol. The van der Waals surface area contributed by atoms with Crippen LogP contribution >= 0.6 is 0 Å². The molecule has 1 saturated heterocycles. The lowest BCUT2D eigenvalue weighted by Crippen LogP contribution is -2.31. The van der Waals surface area contributed by atoms with Crippen molar-refractivity contribution in [1.82, 2.24) is 10.3 Å². The van der Waals surface area contributed by atoms with Crippen LogP contribution in [0.15, 0.2) is 29.1 Å². The van der Waals surface area contributed by atoms with Crippen molar-refractivity contribution < 1.29 is 14.3 Å². The Bertz CT molecular complexity index is 812. The summed E-state index contributed by atoms with van der Waals surface area (Å²) in [5.74, 6) is -0.144. The molecular weight excluding hydrogens is 286 g/mol. The van der Waals surface area contributed by atoms with Crippen LogP contribution in [0.25, 0.3) is 10.9 Å². The van der Waals surface area contributed by atoms with E-state index in [4.69, 9.17) is 10.5 Å². The second kappa shape index (κ2) is 5.51. The number of hydrogen-bond acceptors (Lipinski definition) is 4. The Balaban J connectivity index is 1.90. The van der Waals surface area contributed by atoms with Gasteiger partial charge in [0.25, 0.3) is 5.56 Å². The third-order valence-corrected chi connectivity index (χ3v) is 3.61. The number of carbonyl (C=O) groups excluding carboxylic acids is 2. The number of primary amides is 1. The molecule has 2 amide bonds. The minimum atomic E-state index is -0.567. The van der Waals surface area contributed by atoms with Crippen LogP contribution in [0.1, 0.15) is 23.2 Å². The van der Waals surface area contributed by atoms with E-state index >= 15 is 0 Å². The fourth-order valence-electron chi connectivity index (χ4n) is 2.49. The van der Waals surface area contributed by atoms with Crippen LogP contribution in [0.3, 0.4) is 0 Å². The van der Waals surface area contributed by atoms with Gasteiger partial charge in [-0.25, -0.2) is 0 Å². The molecule has 1 aliphatic heterocycles. The van der Waals surface area contributed by atoms with Crippen LogP contribution in [0.4, 0.5) is 0 Å². The highest BCUT2D eigenvalue weighted by atomic mass is 16.5. The zero-order chi connectivity index (χ0) is 15.7. The van der Waals surface area contributed by atoms with Gasteiger partial charge in [0.05, 0.1) is 11.6 Å². The van der Waals surface area contributed by atoms with E-state index in [0.29, 0.717) is 41.7 Å². The number of H-pyrrole nitrogens is 1. The van der Waals surface area contributed by atoms with E-state index in [1.807, 2.05) is 0 Å². The SMILES string of the molecule is NC(=O)c1ccc2c(OC[C@@H]3CCC(=O)N3)cc(=O)[nH]c2c1. The number of carbonyl (C=O) groups is 2. The Morgan fingerprint density at radius 2 is 2.14 bits per heavy atom. The van der Waals surface area contributed by atoms with Crippen molar-refractivity contribution in [3.63, 3.8) is 0 Å². The van der Waals surface area contributed by atoms with Crippen LogP contribution in [-0.2, 0) is 4.79 Å².